The van der Waals surface area contributed by atoms with E-state index < -0.39 is 22.2 Å². The molecule has 0 bridgehead atoms. The van der Waals surface area contributed by atoms with Crippen LogP contribution in [0.3, 0.4) is 0 Å². The van der Waals surface area contributed by atoms with Gasteiger partial charge >= 0.3 is 0 Å². The molecule has 1 aromatic rings. The van der Waals surface area contributed by atoms with Crippen molar-refractivity contribution in [2.75, 3.05) is 0 Å². The molecule has 0 saturated heterocycles. The highest BCUT2D eigenvalue weighted by molar-refractivity contribution is 7.81. The molecule has 2 N–H and O–H groups in total. The van der Waals surface area contributed by atoms with E-state index in [1.807, 2.05) is 0 Å². The standard InChI is InChI=1S/C6H6O4S3/c7-12(8)5-1-4(11)2-6(3-5)13(9)10/h1-3,11H,(H,7,8)(H,9,10). The van der Waals surface area contributed by atoms with Gasteiger partial charge in [-0.3, -0.25) is 0 Å². The lowest BCUT2D eigenvalue weighted by atomic mass is 10.4. The molecule has 7 heteroatoms. The van der Waals surface area contributed by atoms with Crippen molar-refractivity contribution in [1.82, 2.24) is 0 Å². The van der Waals surface area contributed by atoms with Crippen LogP contribution in [0.4, 0.5) is 0 Å². The maximum atomic E-state index is 10.6. The summed E-state index contributed by atoms with van der Waals surface area (Å²) < 4.78 is 38.7. The van der Waals surface area contributed by atoms with Crippen LogP contribution in [0.2, 0.25) is 0 Å². The van der Waals surface area contributed by atoms with Gasteiger partial charge in [0.25, 0.3) is 0 Å². The molecular weight excluding hydrogens is 232 g/mol. The lowest BCUT2D eigenvalue weighted by Crippen LogP contribution is -1.93. The zero-order valence-electron chi connectivity index (χ0n) is 6.21. The van der Waals surface area contributed by atoms with Crippen LogP contribution in [0, 0.1) is 0 Å². The zero-order chi connectivity index (χ0) is 10.0. The van der Waals surface area contributed by atoms with Crippen molar-refractivity contribution in [3.05, 3.63) is 18.2 Å². The van der Waals surface area contributed by atoms with Crippen molar-refractivity contribution in [1.29, 1.82) is 0 Å². The second-order valence-electron chi connectivity index (χ2n) is 2.16. The highest BCUT2D eigenvalue weighted by Crippen LogP contribution is 2.17. The van der Waals surface area contributed by atoms with Crippen molar-refractivity contribution in [2.24, 2.45) is 0 Å². The van der Waals surface area contributed by atoms with E-state index in [0.29, 0.717) is 4.90 Å². The summed E-state index contributed by atoms with van der Waals surface area (Å²) >= 11 is -0.399. The van der Waals surface area contributed by atoms with E-state index in [-0.39, 0.29) is 9.79 Å². The minimum absolute atomic E-state index is 0.0601. The summed E-state index contributed by atoms with van der Waals surface area (Å²) in [6.07, 6.45) is 0. The van der Waals surface area contributed by atoms with Crippen LogP contribution in [-0.4, -0.2) is 17.5 Å². The Morgan fingerprint density at radius 2 is 1.38 bits per heavy atom. The molecule has 4 nitrogen and oxygen atoms in total. The van der Waals surface area contributed by atoms with Gasteiger partial charge in [-0.1, -0.05) is 0 Å². The Morgan fingerprint density at radius 1 is 1.00 bits per heavy atom. The van der Waals surface area contributed by atoms with E-state index in [4.69, 9.17) is 9.11 Å². The maximum Gasteiger partial charge on any atom is 0.186 e. The molecule has 72 valence electrons. The van der Waals surface area contributed by atoms with Crippen LogP contribution in [0.15, 0.2) is 32.9 Å². The van der Waals surface area contributed by atoms with Crippen LogP contribution in [-0.2, 0) is 22.2 Å². The van der Waals surface area contributed by atoms with Gasteiger partial charge in [0.2, 0.25) is 0 Å². The second-order valence-corrected chi connectivity index (χ2v) is 4.62. The molecule has 2 atom stereocenters. The molecule has 13 heavy (non-hydrogen) atoms. The summed E-state index contributed by atoms with van der Waals surface area (Å²) in [6, 6.07) is 3.90. The largest absolute Gasteiger partial charge is 0.302 e. The van der Waals surface area contributed by atoms with Crippen molar-refractivity contribution in [3.63, 3.8) is 0 Å². The van der Waals surface area contributed by atoms with E-state index >= 15 is 0 Å². The van der Waals surface area contributed by atoms with E-state index in [2.05, 4.69) is 12.6 Å². The summed E-state index contributed by atoms with van der Waals surface area (Å²) in [5, 5.41) is 0. The summed E-state index contributed by atoms with van der Waals surface area (Å²) in [4.78, 5) is 0.493. The lowest BCUT2D eigenvalue weighted by Gasteiger charge is -2.00. The molecule has 0 aliphatic rings. The fourth-order valence-corrected chi connectivity index (χ4v) is 2.20. The number of hydrogen-bond donors (Lipinski definition) is 3. The van der Waals surface area contributed by atoms with Gasteiger partial charge in [-0.05, 0) is 18.2 Å². The van der Waals surface area contributed by atoms with Gasteiger partial charge in [-0.2, -0.15) is 0 Å². The highest BCUT2D eigenvalue weighted by atomic mass is 32.2. The van der Waals surface area contributed by atoms with Gasteiger partial charge in [0.15, 0.2) is 22.2 Å². The molecule has 1 rings (SSSR count). The molecule has 0 aliphatic heterocycles. The molecule has 2 unspecified atom stereocenters. The summed E-state index contributed by atoms with van der Waals surface area (Å²) in [5.41, 5.74) is 0. The number of rotatable bonds is 2. The molecule has 0 aromatic heterocycles. The molecule has 0 aliphatic carbocycles. The summed E-state index contributed by atoms with van der Waals surface area (Å²) in [6.45, 7) is 0. The van der Waals surface area contributed by atoms with Crippen LogP contribution in [0.25, 0.3) is 0 Å². The van der Waals surface area contributed by atoms with Gasteiger partial charge in [0.05, 0.1) is 9.79 Å². The normalized spacial score (nSPS) is 15.3. The van der Waals surface area contributed by atoms with Crippen molar-refractivity contribution < 1.29 is 17.5 Å². The Bertz CT molecular complexity index is 344. The fourth-order valence-electron chi connectivity index (χ4n) is 0.758. The minimum atomic E-state index is -2.16. The Balaban J connectivity index is 3.26. The number of hydrogen-bond acceptors (Lipinski definition) is 3. The molecule has 0 heterocycles. The third-order valence-electron chi connectivity index (χ3n) is 1.27. The van der Waals surface area contributed by atoms with Crippen LogP contribution in [0.5, 0.6) is 0 Å². The SMILES string of the molecule is O=S(O)c1cc(S)cc(S(=O)O)c1. The average Bonchev–Trinajstić information content (AvgIpc) is 2.03. The predicted octanol–water partition coefficient (Wildman–Crippen LogP) is 1.14. The fraction of sp³-hybridized carbons (Fsp3) is 0. The Kier molecular flexibility index (Phi) is 3.63. The maximum absolute atomic E-state index is 10.6. The van der Waals surface area contributed by atoms with Gasteiger partial charge in [-0.25, -0.2) is 8.42 Å². The zero-order valence-corrected chi connectivity index (χ0v) is 8.73. The van der Waals surface area contributed by atoms with Gasteiger partial charge < -0.3 is 9.11 Å². The Labute approximate surface area is 85.3 Å². The van der Waals surface area contributed by atoms with Crippen molar-refractivity contribution >= 4 is 34.8 Å². The van der Waals surface area contributed by atoms with Crippen LogP contribution >= 0.6 is 12.6 Å². The summed E-state index contributed by atoms with van der Waals surface area (Å²) in [7, 11) is 0. The van der Waals surface area contributed by atoms with Crippen LogP contribution in [0.1, 0.15) is 0 Å². The summed E-state index contributed by atoms with van der Waals surface area (Å²) in [5.74, 6) is 0. The molecule has 0 radical (unpaired) electrons. The topological polar surface area (TPSA) is 74.6 Å². The van der Waals surface area contributed by atoms with Crippen molar-refractivity contribution in [3.8, 4) is 0 Å². The highest BCUT2D eigenvalue weighted by Gasteiger charge is 2.06. The molecule has 0 fully saturated rings. The third-order valence-corrected chi connectivity index (χ3v) is 2.80. The molecule has 0 spiro atoms. The van der Waals surface area contributed by atoms with Gasteiger partial charge in [-0.15, -0.1) is 12.6 Å². The van der Waals surface area contributed by atoms with E-state index in [0.717, 1.165) is 0 Å². The predicted molar refractivity (Wildman–Crippen MR) is 51.8 cm³/mol. The minimum Gasteiger partial charge on any atom is -0.302 e. The second kappa shape index (κ2) is 4.34. The molecule has 0 saturated carbocycles. The van der Waals surface area contributed by atoms with Gasteiger partial charge in [0.1, 0.15) is 0 Å². The van der Waals surface area contributed by atoms with E-state index in [1.165, 1.54) is 18.2 Å². The van der Waals surface area contributed by atoms with Crippen molar-refractivity contribution in [2.45, 2.75) is 14.7 Å². The van der Waals surface area contributed by atoms with Crippen LogP contribution < -0.4 is 0 Å². The monoisotopic (exact) mass is 238 g/mol. The Morgan fingerprint density at radius 3 is 1.69 bits per heavy atom. The first-order valence-corrected chi connectivity index (χ1v) is 5.72. The first kappa shape index (κ1) is 10.9. The Hall–Kier alpha value is -0.210. The number of benzene rings is 1. The van der Waals surface area contributed by atoms with E-state index in [1.54, 1.807) is 0 Å². The first-order chi connectivity index (χ1) is 6.00. The van der Waals surface area contributed by atoms with Gasteiger partial charge in [0, 0.05) is 4.90 Å². The quantitative estimate of drug-likeness (QED) is 0.533. The van der Waals surface area contributed by atoms with E-state index in [9.17, 15) is 8.42 Å². The lowest BCUT2D eigenvalue weighted by molar-refractivity contribution is 0.561. The smallest absolute Gasteiger partial charge is 0.186 e. The molecule has 1 aromatic carbocycles. The average molecular weight is 238 g/mol. The first-order valence-electron chi connectivity index (χ1n) is 3.06. The molecular formula is C6H6O4S3. The number of thiol groups is 1. The molecule has 0 amide bonds. The third kappa shape index (κ3) is 2.89.